The molecule has 176 valence electrons. The zero-order valence-corrected chi connectivity index (χ0v) is 19.7. The van der Waals surface area contributed by atoms with Gasteiger partial charge in [-0.05, 0) is 42.3 Å². The number of aromatic nitrogens is 3. The van der Waals surface area contributed by atoms with E-state index in [4.69, 9.17) is 4.52 Å². The van der Waals surface area contributed by atoms with Crippen LogP contribution >= 0.6 is 0 Å². The van der Waals surface area contributed by atoms with Crippen molar-refractivity contribution in [2.24, 2.45) is 0 Å². The molecule has 0 bridgehead atoms. The lowest BCUT2D eigenvalue weighted by atomic mass is 9.92. The number of anilines is 2. The average Bonchev–Trinajstić information content (AvgIpc) is 3.53. The van der Waals surface area contributed by atoms with Crippen LogP contribution in [0.4, 0.5) is 11.6 Å². The van der Waals surface area contributed by atoms with Gasteiger partial charge in [0.25, 0.3) is 0 Å². The topological polar surface area (TPSA) is 96.4 Å². The molecule has 8 nitrogen and oxygen atoms in total. The normalized spacial score (nSPS) is 16.4. The molecule has 2 aromatic carbocycles. The first-order chi connectivity index (χ1) is 16.3. The largest absolute Gasteiger partial charge is 0.391 e. The summed E-state index contributed by atoms with van der Waals surface area (Å²) >= 11 is 0. The van der Waals surface area contributed by atoms with Crippen LogP contribution in [0.15, 0.2) is 59.4 Å². The van der Waals surface area contributed by atoms with Gasteiger partial charge < -0.3 is 14.5 Å². The van der Waals surface area contributed by atoms with Gasteiger partial charge in [-0.2, -0.15) is 0 Å². The molecule has 0 radical (unpaired) electrons. The van der Waals surface area contributed by atoms with Crippen LogP contribution in [-0.2, 0) is 16.6 Å². The highest BCUT2D eigenvalue weighted by Gasteiger charge is 2.21. The molecule has 8 heteroatoms. The molecule has 4 aromatic rings. The van der Waals surface area contributed by atoms with Crippen LogP contribution in [0.25, 0.3) is 16.7 Å². The minimum Gasteiger partial charge on any atom is -0.391 e. The number of hydrogen-bond acceptors (Lipinski definition) is 6. The fourth-order valence-corrected chi connectivity index (χ4v) is 4.21. The van der Waals surface area contributed by atoms with Gasteiger partial charge in [-0.1, -0.05) is 38.1 Å². The smallest absolute Gasteiger partial charge is 0.231 e. The van der Waals surface area contributed by atoms with Crippen molar-refractivity contribution in [3.63, 3.8) is 0 Å². The molecule has 1 atom stereocenters. The van der Waals surface area contributed by atoms with Gasteiger partial charge in [0.2, 0.25) is 11.8 Å². The number of amides is 1. The van der Waals surface area contributed by atoms with Crippen LogP contribution in [0.1, 0.15) is 38.4 Å². The Hall–Kier alpha value is -3.65. The quantitative estimate of drug-likeness (QED) is 0.467. The van der Waals surface area contributed by atoms with E-state index in [0.717, 1.165) is 46.6 Å². The number of carbonyl (C=O) groups is 1. The van der Waals surface area contributed by atoms with Gasteiger partial charge in [-0.3, -0.25) is 14.7 Å². The predicted molar refractivity (Wildman–Crippen MR) is 131 cm³/mol. The summed E-state index contributed by atoms with van der Waals surface area (Å²) in [6.07, 6.45) is 2.59. The highest BCUT2D eigenvalue weighted by Crippen LogP contribution is 2.27. The highest BCUT2D eigenvalue weighted by atomic mass is 16.5. The number of aliphatic hydroxyl groups excluding tert-OH is 1. The lowest BCUT2D eigenvalue weighted by molar-refractivity contribution is -0.115. The van der Waals surface area contributed by atoms with Crippen LogP contribution in [0.5, 0.6) is 0 Å². The van der Waals surface area contributed by atoms with Crippen LogP contribution in [0.2, 0.25) is 0 Å². The molecule has 34 heavy (non-hydrogen) atoms. The second kappa shape index (κ2) is 8.61. The van der Waals surface area contributed by atoms with E-state index < -0.39 is 0 Å². The maximum absolute atomic E-state index is 12.5. The van der Waals surface area contributed by atoms with Gasteiger partial charge in [0.05, 0.1) is 29.3 Å². The van der Waals surface area contributed by atoms with E-state index in [1.165, 1.54) is 0 Å². The Morgan fingerprint density at radius 3 is 2.59 bits per heavy atom. The van der Waals surface area contributed by atoms with Crippen molar-refractivity contribution in [1.82, 2.24) is 14.7 Å². The Kier molecular flexibility index (Phi) is 5.61. The first-order valence-corrected chi connectivity index (χ1v) is 11.5. The third-order valence-electron chi connectivity index (χ3n) is 6.18. The molecule has 5 rings (SSSR count). The first kappa shape index (κ1) is 22.2. The number of imidazole rings is 1. The first-order valence-electron chi connectivity index (χ1n) is 11.5. The van der Waals surface area contributed by atoms with Gasteiger partial charge in [0.15, 0.2) is 0 Å². The fourth-order valence-electron chi connectivity index (χ4n) is 4.21. The molecule has 1 amide bonds. The summed E-state index contributed by atoms with van der Waals surface area (Å²) < 4.78 is 7.28. The standard InChI is InChI=1S/C26H29N5O3/c1-26(2,3)23-14-25(34-29-23)28-24(33)12-17-4-6-18(7-5-17)31-16-27-21-13-19(8-9-22(21)31)30-11-10-20(32)15-30/h4-9,13-14,16,20,32H,10-12,15H2,1-3H3,(H,28,33). The van der Waals surface area contributed by atoms with E-state index >= 15 is 0 Å². The maximum atomic E-state index is 12.5. The molecular formula is C26H29N5O3. The third-order valence-corrected chi connectivity index (χ3v) is 6.18. The lowest BCUT2D eigenvalue weighted by Gasteiger charge is -2.17. The molecular weight excluding hydrogens is 430 g/mol. The van der Waals surface area contributed by atoms with E-state index in [1.54, 1.807) is 6.07 Å². The second-order valence-corrected chi connectivity index (χ2v) is 9.89. The molecule has 3 heterocycles. The Labute approximate surface area is 198 Å². The predicted octanol–water partition coefficient (Wildman–Crippen LogP) is 4.06. The molecule has 2 aromatic heterocycles. The van der Waals surface area contributed by atoms with Crippen LogP contribution < -0.4 is 10.2 Å². The molecule has 0 aliphatic carbocycles. The number of fused-ring (bicyclic) bond motifs is 1. The van der Waals surface area contributed by atoms with E-state index in [2.05, 4.69) is 38.6 Å². The summed E-state index contributed by atoms with van der Waals surface area (Å²) in [6.45, 7) is 7.64. The number of aliphatic hydroxyl groups is 1. The van der Waals surface area contributed by atoms with Crippen LogP contribution in [0, 0.1) is 0 Å². The van der Waals surface area contributed by atoms with Gasteiger partial charge >= 0.3 is 0 Å². The highest BCUT2D eigenvalue weighted by molar-refractivity contribution is 5.91. The summed E-state index contributed by atoms with van der Waals surface area (Å²) in [6, 6.07) is 15.8. The van der Waals surface area contributed by atoms with E-state index in [9.17, 15) is 9.90 Å². The van der Waals surface area contributed by atoms with Gasteiger partial charge in [-0.15, -0.1) is 0 Å². The number of nitrogens with zero attached hydrogens (tertiary/aromatic N) is 4. The molecule has 1 fully saturated rings. The summed E-state index contributed by atoms with van der Waals surface area (Å²) in [5.41, 5.74) is 5.52. The Balaban J connectivity index is 1.26. The van der Waals surface area contributed by atoms with Gasteiger partial charge in [0.1, 0.15) is 6.33 Å². The summed E-state index contributed by atoms with van der Waals surface area (Å²) in [5, 5.41) is 16.6. The van der Waals surface area contributed by atoms with E-state index in [0.29, 0.717) is 12.4 Å². The molecule has 1 aliphatic heterocycles. The van der Waals surface area contributed by atoms with E-state index in [1.807, 2.05) is 55.9 Å². The average molecular weight is 460 g/mol. The SMILES string of the molecule is CC(C)(C)c1cc(NC(=O)Cc2ccc(-n3cnc4cc(N5CCC(O)C5)ccc43)cc2)on1. The number of benzene rings is 2. The third kappa shape index (κ3) is 4.54. The summed E-state index contributed by atoms with van der Waals surface area (Å²) in [5.74, 6) is 0.205. The molecule has 1 aliphatic rings. The Bertz CT molecular complexity index is 1320. The van der Waals surface area contributed by atoms with Crippen molar-refractivity contribution in [2.45, 2.75) is 45.1 Å². The Morgan fingerprint density at radius 2 is 1.91 bits per heavy atom. The minimum absolute atomic E-state index is 0.141. The minimum atomic E-state index is -0.259. The lowest BCUT2D eigenvalue weighted by Crippen LogP contribution is -2.20. The van der Waals surface area contributed by atoms with Crippen molar-refractivity contribution in [3.05, 3.63) is 66.1 Å². The number of rotatable bonds is 5. The van der Waals surface area contributed by atoms with Crippen LogP contribution in [-0.4, -0.2) is 44.9 Å². The van der Waals surface area contributed by atoms with Gasteiger partial charge in [0, 0.05) is 35.9 Å². The van der Waals surface area contributed by atoms with E-state index in [-0.39, 0.29) is 23.8 Å². The van der Waals surface area contributed by atoms with Gasteiger partial charge in [-0.25, -0.2) is 4.98 Å². The van der Waals surface area contributed by atoms with Crippen molar-refractivity contribution in [1.29, 1.82) is 0 Å². The van der Waals surface area contributed by atoms with Crippen molar-refractivity contribution in [3.8, 4) is 5.69 Å². The molecule has 2 N–H and O–H groups in total. The summed E-state index contributed by atoms with van der Waals surface area (Å²) in [7, 11) is 0. The number of hydrogen-bond donors (Lipinski definition) is 2. The zero-order chi connectivity index (χ0) is 23.9. The number of β-amino-alcohol motifs (C(OH)–C–C–N with tert-alkyl or cyclic N) is 1. The van der Waals surface area contributed by atoms with Crippen molar-refractivity contribution in [2.75, 3.05) is 23.3 Å². The number of carbonyl (C=O) groups excluding carboxylic acids is 1. The molecule has 0 spiro atoms. The monoisotopic (exact) mass is 459 g/mol. The molecule has 0 saturated carbocycles. The maximum Gasteiger partial charge on any atom is 0.231 e. The number of nitrogens with one attached hydrogen (secondary N) is 1. The van der Waals surface area contributed by atoms with Crippen molar-refractivity contribution >= 4 is 28.5 Å². The summed E-state index contributed by atoms with van der Waals surface area (Å²) in [4.78, 5) is 19.2. The molecule has 1 unspecified atom stereocenters. The van der Waals surface area contributed by atoms with Crippen LogP contribution in [0.3, 0.4) is 0 Å². The second-order valence-electron chi connectivity index (χ2n) is 9.89. The van der Waals surface area contributed by atoms with Crippen molar-refractivity contribution < 1.29 is 14.4 Å². The fraction of sp³-hybridized carbons (Fsp3) is 0.346. The Morgan fingerprint density at radius 1 is 1.15 bits per heavy atom. The molecule has 1 saturated heterocycles. The zero-order valence-electron chi connectivity index (χ0n) is 19.7.